The second-order valence-electron chi connectivity index (χ2n) is 5.20. The predicted molar refractivity (Wildman–Crippen MR) is 74.8 cm³/mol. The van der Waals surface area contributed by atoms with E-state index in [1.54, 1.807) is 7.11 Å². The zero-order valence-electron chi connectivity index (χ0n) is 11.3. The molecule has 19 heavy (non-hydrogen) atoms. The molecule has 1 aliphatic rings. The van der Waals surface area contributed by atoms with Gasteiger partial charge in [0.2, 0.25) is 0 Å². The number of aromatic amines is 1. The van der Waals surface area contributed by atoms with E-state index in [1.165, 1.54) is 6.42 Å². The zero-order chi connectivity index (χ0) is 13.4. The fourth-order valence-corrected chi connectivity index (χ4v) is 2.86. The third-order valence-corrected chi connectivity index (χ3v) is 4.05. The van der Waals surface area contributed by atoms with Crippen LogP contribution in [0.4, 0.5) is 0 Å². The first kappa shape index (κ1) is 12.3. The summed E-state index contributed by atoms with van der Waals surface area (Å²) in [4.78, 5) is 17.3. The fraction of sp³-hybridized carbons (Fsp3) is 0.500. The van der Waals surface area contributed by atoms with Crippen LogP contribution < -0.4 is 10.4 Å². The van der Waals surface area contributed by atoms with Gasteiger partial charge in [0.05, 0.1) is 18.1 Å². The lowest BCUT2D eigenvalue weighted by atomic mass is 10.2. The highest BCUT2D eigenvalue weighted by atomic mass is 16.5. The molecule has 1 saturated heterocycles. The van der Waals surface area contributed by atoms with Crippen molar-refractivity contribution in [2.24, 2.45) is 0 Å². The van der Waals surface area contributed by atoms with E-state index in [4.69, 9.17) is 4.74 Å². The van der Waals surface area contributed by atoms with Gasteiger partial charge in [-0.15, -0.1) is 0 Å². The molecule has 1 N–H and O–H groups in total. The van der Waals surface area contributed by atoms with Crippen molar-refractivity contribution < 1.29 is 4.74 Å². The van der Waals surface area contributed by atoms with Crippen molar-refractivity contribution in [3.8, 4) is 5.75 Å². The van der Waals surface area contributed by atoms with Crippen molar-refractivity contribution in [2.75, 3.05) is 20.7 Å². The molecule has 5 heteroatoms. The highest BCUT2D eigenvalue weighted by Gasteiger charge is 2.22. The number of fused-ring (bicyclic) bond motifs is 1. The molecule has 0 radical (unpaired) electrons. The Morgan fingerprint density at radius 2 is 2.32 bits per heavy atom. The molecular weight excluding hydrogens is 242 g/mol. The molecule has 0 aliphatic carbocycles. The maximum atomic E-state index is 12.1. The van der Waals surface area contributed by atoms with Crippen LogP contribution in [0, 0.1) is 0 Å². The molecule has 5 nitrogen and oxygen atoms in total. The summed E-state index contributed by atoms with van der Waals surface area (Å²) < 4.78 is 7.06. The van der Waals surface area contributed by atoms with Gasteiger partial charge in [0.15, 0.2) is 0 Å². The lowest BCUT2D eigenvalue weighted by Gasteiger charge is -2.19. The zero-order valence-corrected chi connectivity index (χ0v) is 11.3. The van der Waals surface area contributed by atoms with Gasteiger partial charge in [-0.05, 0) is 38.6 Å². The molecule has 1 fully saturated rings. The standard InChI is InChI=1S/C14H19N3O2/c1-16-7-3-4-10(16)9-17-13-8-11(19-2)5-6-12(13)15-14(17)18/h5-6,8,10H,3-4,7,9H2,1-2H3,(H,15,18). The number of nitrogens with one attached hydrogen (secondary N) is 1. The SMILES string of the molecule is COc1ccc2[nH]c(=O)n(CC3CCCN3C)c2c1. The Kier molecular flexibility index (Phi) is 3.06. The van der Waals surface area contributed by atoms with Crippen molar-refractivity contribution >= 4 is 11.0 Å². The van der Waals surface area contributed by atoms with Gasteiger partial charge < -0.3 is 14.6 Å². The molecule has 1 aromatic carbocycles. The Balaban J connectivity index is 2.01. The number of methoxy groups -OCH3 is 1. The normalized spacial score (nSPS) is 20.2. The Morgan fingerprint density at radius 3 is 3.00 bits per heavy atom. The van der Waals surface area contributed by atoms with Crippen LogP contribution in [-0.4, -0.2) is 41.2 Å². The maximum Gasteiger partial charge on any atom is 0.326 e. The minimum absolute atomic E-state index is 0.0384. The van der Waals surface area contributed by atoms with Gasteiger partial charge in [0, 0.05) is 18.7 Å². The average molecular weight is 261 g/mol. The number of likely N-dealkylation sites (N-methyl/N-ethyl adjacent to an activating group) is 1. The van der Waals surface area contributed by atoms with Crippen molar-refractivity contribution in [3.05, 3.63) is 28.7 Å². The molecule has 0 amide bonds. The summed E-state index contributed by atoms with van der Waals surface area (Å²) in [5.41, 5.74) is 1.75. The summed E-state index contributed by atoms with van der Waals surface area (Å²) in [5.74, 6) is 0.778. The highest BCUT2D eigenvalue weighted by molar-refractivity contribution is 5.77. The Bertz CT molecular complexity index is 644. The van der Waals surface area contributed by atoms with Crippen LogP contribution in [0.3, 0.4) is 0 Å². The first-order chi connectivity index (χ1) is 9.19. The second kappa shape index (κ2) is 4.74. The largest absolute Gasteiger partial charge is 0.497 e. The molecule has 0 bridgehead atoms. The van der Waals surface area contributed by atoms with E-state index in [1.807, 2.05) is 22.8 Å². The summed E-state index contributed by atoms with van der Waals surface area (Å²) >= 11 is 0. The predicted octanol–water partition coefficient (Wildman–Crippen LogP) is 1.43. The van der Waals surface area contributed by atoms with E-state index in [9.17, 15) is 4.79 Å². The molecule has 2 aromatic rings. The number of hydrogen-bond donors (Lipinski definition) is 1. The summed E-state index contributed by atoms with van der Waals surface area (Å²) in [5, 5.41) is 0. The third kappa shape index (κ3) is 2.14. The smallest absolute Gasteiger partial charge is 0.326 e. The van der Waals surface area contributed by atoms with Crippen LogP contribution >= 0.6 is 0 Å². The Labute approximate surface area is 111 Å². The maximum absolute atomic E-state index is 12.1. The molecule has 2 heterocycles. The van der Waals surface area contributed by atoms with Crippen LogP contribution in [0.25, 0.3) is 11.0 Å². The summed E-state index contributed by atoms with van der Waals surface area (Å²) in [7, 11) is 3.76. The molecule has 1 atom stereocenters. The minimum Gasteiger partial charge on any atom is -0.497 e. The molecule has 0 spiro atoms. The first-order valence-corrected chi connectivity index (χ1v) is 6.66. The third-order valence-electron chi connectivity index (χ3n) is 4.05. The van der Waals surface area contributed by atoms with Gasteiger partial charge in [-0.25, -0.2) is 4.79 Å². The minimum atomic E-state index is -0.0384. The van der Waals surface area contributed by atoms with Crippen molar-refractivity contribution in [2.45, 2.75) is 25.4 Å². The van der Waals surface area contributed by atoms with Gasteiger partial charge >= 0.3 is 5.69 Å². The van der Waals surface area contributed by atoms with Crippen LogP contribution in [0.1, 0.15) is 12.8 Å². The van der Waals surface area contributed by atoms with Gasteiger partial charge in [-0.3, -0.25) is 4.57 Å². The van der Waals surface area contributed by atoms with Crippen LogP contribution in [0.2, 0.25) is 0 Å². The van der Waals surface area contributed by atoms with Gasteiger partial charge in [0.1, 0.15) is 5.75 Å². The quantitative estimate of drug-likeness (QED) is 0.909. The van der Waals surface area contributed by atoms with E-state index in [0.717, 1.165) is 36.3 Å². The number of aromatic nitrogens is 2. The van der Waals surface area contributed by atoms with E-state index < -0.39 is 0 Å². The molecule has 1 aromatic heterocycles. The number of imidazole rings is 1. The topological polar surface area (TPSA) is 50.3 Å². The monoisotopic (exact) mass is 261 g/mol. The van der Waals surface area contributed by atoms with Crippen LogP contribution in [-0.2, 0) is 6.54 Å². The first-order valence-electron chi connectivity index (χ1n) is 6.66. The van der Waals surface area contributed by atoms with Crippen LogP contribution in [0.5, 0.6) is 5.75 Å². The van der Waals surface area contributed by atoms with E-state index in [0.29, 0.717) is 6.04 Å². The molecule has 102 valence electrons. The van der Waals surface area contributed by atoms with E-state index >= 15 is 0 Å². The van der Waals surface area contributed by atoms with Crippen molar-refractivity contribution in [1.82, 2.24) is 14.5 Å². The number of ether oxygens (including phenoxy) is 1. The number of benzene rings is 1. The number of H-pyrrole nitrogens is 1. The van der Waals surface area contributed by atoms with Gasteiger partial charge in [-0.1, -0.05) is 0 Å². The lowest BCUT2D eigenvalue weighted by molar-refractivity contribution is 0.282. The number of nitrogens with zero attached hydrogens (tertiary/aromatic N) is 2. The van der Waals surface area contributed by atoms with E-state index in [-0.39, 0.29) is 5.69 Å². The van der Waals surface area contributed by atoms with Crippen molar-refractivity contribution in [1.29, 1.82) is 0 Å². The molecule has 3 rings (SSSR count). The number of hydrogen-bond acceptors (Lipinski definition) is 3. The van der Waals surface area contributed by atoms with Gasteiger partial charge in [0.25, 0.3) is 0 Å². The van der Waals surface area contributed by atoms with E-state index in [2.05, 4.69) is 16.9 Å². The Hall–Kier alpha value is -1.75. The highest BCUT2D eigenvalue weighted by Crippen LogP contribution is 2.21. The van der Waals surface area contributed by atoms with Crippen molar-refractivity contribution in [3.63, 3.8) is 0 Å². The Morgan fingerprint density at radius 1 is 1.47 bits per heavy atom. The summed E-state index contributed by atoms with van der Waals surface area (Å²) in [6.45, 7) is 1.85. The molecule has 1 unspecified atom stereocenters. The lowest BCUT2D eigenvalue weighted by Crippen LogP contribution is -2.32. The molecule has 1 aliphatic heterocycles. The average Bonchev–Trinajstić information content (AvgIpc) is 2.94. The number of likely N-dealkylation sites (tertiary alicyclic amines) is 1. The van der Waals surface area contributed by atoms with Gasteiger partial charge in [-0.2, -0.15) is 0 Å². The number of rotatable bonds is 3. The molecular formula is C14H19N3O2. The van der Waals surface area contributed by atoms with Crippen LogP contribution in [0.15, 0.2) is 23.0 Å². The second-order valence-corrected chi connectivity index (χ2v) is 5.20. The molecule has 0 saturated carbocycles. The summed E-state index contributed by atoms with van der Waals surface area (Å²) in [6, 6.07) is 6.12. The fourth-order valence-electron chi connectivity index (χ4n) is 2.86. The summed E-state index contributed by atoms with van der Waals surface area (Å²) in [6.07, 6.45) is 2.36.